The highest BCUT2D eigenvalue weighted by atomic mass is 35.5. The van der Waals surface area contributed by atoms with Crippen LogP contribution in [0.1, 0.15) is 26.3 Å². The zero-order valence-corrected chi connectivity index (χ0v) is 18.7. The van der Waals surface area contributed by atoms with Gasteiger partial charge in [0, 0.05) is 5.02 Å². The summed E-state index contributed by atoms with van der Waals surface area (Å²) in [4.78, 5) is 31.1. The van der Waals surface area contributed by atoms with Gasteiger partial charge in [0.15, 0.2) is 0 Å². The highest BCUT2D eigenvalue weighted by molar-refractivity contribution is 8.03. The molecule has 2 atom stereocenters. The van der Waals surface area contributed by atoms with Crippen molar-refractivity contribution in [2.24, 2.45) is 5.92 Å². The predicted molar refractivity (Wildman–Crippen MR) is 121 cm³/mol. The van der Waals surface area contributed by atoms with E-state index < -0.39 is 0 Å². The first-order valence-corrected chi connectivity index (χ1v) is 11.1. The topological polar surface area (TPSA) is 49.9 Å². The fourth-order valence-corrected chi connectivity index (χ4v) is 5.48. The van der Waals surface area contributed by atoms with Crippen molar-refractivity contribution in [3.05, 3.63) is 69.6 Å². The number of benzene rings is 2. The third kappa shape index (κ3) is 3.59. The second-order valence-electron chi connectivity index (χ2n) is 7.33. The fraction of sp³-hybridized carbons (Fsp3) is 0.304. The van der Waals surface area contributed by atoms with E-state index in [1.807, 2.05) is 45.0 Å². The highest BCUT2D eigenvalue weighted by Gasteiger charge is 2.51. The molecule has 156 valence electrons. The van der Waals surface area contributed by atoms with Gasteiger partial charge in [-0.05, 0) is 67.1 Å². The lowest BCUT2D eigenvalue weighted by Crippen LogP contribution is -2.60. The van der Waals surface area contributed by atoms with Crippen molar-refractivity contribution in [3.63, 3.8) is 0 Å². The van der Waals surface area contributed by atoms with Crippen molar-refractivity contribution < 1.29 is 14.3 Å². The summed E-state index contributed by atoms with van der Waals surface area (Å²) in [7, 11) is 0. The van der Waals surface area contributed by atoms with Gasteiger partial charge in [0.25, 0.3) is 0 Å². The first kappa shape index (κ1) is 20.8. The van der Waals surface area contributed by atoms with Crippen LogP contribution in [0.2, 0.25) is 5.02 Å². The molecule has 1 fully saturated rings. The number of nitrogens with zero attached hydrogens (tertiary/aromatic N) is 2. The number of carbonyl (C=O) groups is 2. The number of amides is 3. The van der Waals surface area contributed by atoms with Crippen LogP contribution >= 0.6 is 23.4 Å². The number of carbonyl (C=O) groups excluding carboxylic acids is 2. The number of hydrogen-bond donors (Lipinski definition) is 0. The van der Waals surface area contributed by atoms with E-state index in [1.165, 1.54) is 4.90 Å². The summed E-state index contributed by atoms with van der Waals surface area (Å²) in [6.45, 7) is 6.79. The van der Waals surface area contributed by atoms with Crippen LogP contribution in [0, 0.1) is 5.92 Å². The van der Waals surface area contributed by atoms with E-state index in [0.29, 0.717) is 29.6 Å². The molecule has 2 aliphatic rings. The summed E-state index contributed by atoms with van der Waals surface area (Å²) in [6, 6.07) is 14.2. The van der Waals surface area contributed by atoms with E-state index in [4.69, 9.17) is 16.3 Å². The van der Waals surface area contributed by atoms with Gasteiger partial charge >= 0.3 is 6.03 Å². The zero-order valence-electron chi connectivity index (χ0n) is 17.1. The lowest BCUT2D eigenvalue weighted by Gasteiger charge is -2.42. The fourth-order valence-electron chi connectivity index (χ4n) is 3.86. The van der Waals surface area contributed by atoms with Crippen LogP contribution in [-0.2, 0) is 11.3 Å². The average molecular weight is 443 g/mol. The average Bonchev–Trinajstić information content (AvgIpc) is 3.03. The summed E-state index contributed by atoms with van der Waals surface area (Å²) >= 11 is 7.95. The molecule has 2 aromatic rings. The Hall–Kier alpha value is -2.44. The first-order chi connectivity index (χ1) is 14.4. The van der Waals surface area contributed by atoms with Gasteiger partial charge in [-0.25, -0.2) is 9.69 Å². The summed E-state index contributed by atoms with van der Waals surface area (Å²) in [5.74, 6) is 0.139. The Bertz CT molecular complexity index is 1020. The van der Waals surface area contributed by atoms with E-state index in [9.17, 15) is 9.59 Å². The summed E-state index contributed by atoms with van der Waals surface area (Å²) < 4.78 is 5.49. The van der Waals surface area contributed by atoms with Crippen molar-refractivity contribution in [2.75, 3.05) is 11.5 Å². The molecule has 0 aromatic heterocycles. The molecule has 7 heteroatoms. The van der Waals surface area contributed by atoms with E-state index >= 15 is 0 Å². The van der Waals surface area contributed by atoms with Crippen molar-refractivity contribution in [1.82, 2.24) is 4.90 Å². The normalized spacial score (nSPS) is 21.3. The van der Waals surface area contributed by atoms with Crippen LogP contribution in [0.4, 0.5) is 10.5 Å². The van der Waals surface area contributed by atoms with Gasteiger partial charge in [0.1, 0.15) is 5.75 Å². The van der Waals surface area contributed by atoms with Gasteiger partial charge in [-0.1, -0.05) is 29.8 Å². The molecule has 5 nitrogen and oxygen atoms in total. The van der Waals surface area contributed by atoms with Gasteiger partial charge in [-0.2, -0.15) is 0 Å². The Morgan fingerprint density at radius 3 is 2.43 bits per heavy atom. The van der Waals surface area contributed by atoms with E-state index in [1.54, 1.807) is 40.9 Å². The Balaban J connectivity index is 1.72. The second kappa shape index (κ2) is 8.36. The monoisotopic (exact) mass is 442 g/mol. The molecule has 0 saturated carbocycles. The second-order valence-corrected chi connectivity index (χ2v) is 9.07. The third-order valence-electron chi connectivity index (χ3n) is 5.54. The molecule has 4 rings (SSSR count). The minimum absolute atomic E-state index is 0.189. The summed E-state index contributed by atoms with van der Waals surface area (Å²) in [5.41, 5.74) is 2.41. The third-order valence-corrected chi connectivity index (χ3v) is 7.35. The molecule has 0 radical (unpaired) electrons. The molecule has 2 aliphatic heterocycles. The number of imide groups is 1. The number of thioether (sulfide) groups is 1. The minimum atomic E-state index is -0.373. The number of ether oxygens (including phenoxy) is 1. The SMILES string of the molecule is CCOc1ccc(N2C(=O)C3C(C)=C(C)SC3N(Cc3ccccc3Cl)C2=O)cc1. The molecule has 0 bridgehead atoms. The Morgan fingerprint density at radius 2 is 1.77 bits per heavy atom. The van der Waals surface area contributed by atoms with E-state index in [0.717, 1.165) is 16.0 Å². The van der Waals surface area contributed by atoms with Crippen molar-refractivity contribution >= 4 is 41.0 Å². The molecule has 0 N–H and O–H groups in total. The summed E-state index contributed by atoms with van der Waals surface area (Å²) in [6.07, 6.45) is 0. The summed E-state index contributed by atoms with van der Waals surface area (Å²) in [5, 5.41) is 0.344. The van der Waals surface area contributed by atoms with Gasteiger partial charge in [-0.3, -0.25) is 4.79 Å². The van der Waals surface area contributed by atoms with Crippen molar-refractivity contribution in [2.45, 2.75) is 32.7 Å². The van der Waals surface area contributed by atoms with Gasteiger partial charge in [0.2, 0.25) is 5.91 Å². The first-order valence-electron chi connectivity index (χ1n) is 9.87. The maximum absolute atomic E-state index is 13.5. The zero-order chi connectivity index (χ0) is 21.4. The smallest absolute Gasteiger partial charge is 0.332 e. The maximum atomic E-state index is 13.5. The lowest BCUT2D eigenvalue weighted by molar-refractivity contribution is -0.122. The molecule has 1 saturated heterocycles. The number of anilines is 1. The number of allylic oxidation sites excluding steroid dienone is 1. The molecule has 0 aliphatic carbocycles. The largest absolute Gasteiger partial charge is 0.494 e. The molecule has 3 amide bonds. The number of halogens is 1. The van der Waals surface area contributed by atoms with Crippen LogP contribution in [0.5, 0.6) is 5.75 Å². The van der Waals surface area contributed by atoms with Crippen molar-refractivity contribution in [1.29, 1.82) is 0 Å². The predicted octanol–water partition coefficient (Wildman–Crippen LogP) is 5.69. The number of fused-ring (bicyclic) bond motifs is 1. The van der Waals surface area contributed by atoms with Crippen LogP contribution < -0.4 is 9.64 Å². The Kier molecular flexibility index (Phi) is 5.80. The van der Waals surface area contributed by atoms with Crippen LogP contribution in [0.15, 0.2) is 59.0 Å². The molecule has 0 spiro atoms. The van der Waals surface area contributed by atoms with Gasteiger partial charge in [0.05, 0.1) is 30.1 Å². The van der Waals surface area contributed by atoms with E-state index in [-0.39, 0.29) is 23.2 Å². The Morgan fingerprint density at radius 1 is 1.07 bits per heavy atom. The standard InChI is InChI=1S/C23H23ClN2O3S/c1-4-29-18-11-9-17(10-12-18)26-21(27)20-14(2)15(3)30-22(20)25(23(26)28)13-16-7-5-6-8-19(16)24/h5-12,20,22H,4,13H2,1-3H3. The van der Waals surface area contributed by atoms with E-state index in [2.05, 4.69) is 0 Å². The molecular weight excluding hydrogens is 420 g/mol. The molecule has 2 heterocycles. The molecule has 2 unspecified atom stereocenters. The van der Waals surface area contributed by atoms with Crippen molar-refractivity contribution in [3.8, 4) is 5.75 Å². The molecular formula is C23H23ClN2O3S. The highest BCUT2D eigenvalue weighted by Crippen LogP contribution is 2.48. The molecule has 2 aromatic carbocycles. The minimum Gasteiger partial charge on any atom is -0.494 e. The number of urea groups is 1. The van der Waals surface area contributed by atoms with Crippen LogP contribution in [-0.4, -0.2) is 28.8 Å². The van der Waals surface area contributed by atoms with Gasteiger partial charge < -0.3 is 9.64 Å². The van der Waals surface area contributed by atoms with Gasteiger partial charge in [-0.15, -0.1) is 11.8 Å². The maximum Gasteiger partial charge on any atom is 0.332 e. The Labute approximate surface area is 185 Å². The number of rotatable bonds is 5. The molecule has 30 heavy (non-hydrogen) atoms. The van der Waals surface area contributed by atoms with Crippen LogP contribution in [0.3, 0.4) is 0 Å². The lowest BCUT2D eigenvalue weighted by atomic mass is 9.95. The quantitative estimate of drug-likeness (QED) is 0.596. The van der Waals surface area contributed by atoms with Crippen LogP contribution in [0.25, 0.3) is 0 Å². The number of hydrogen-bond acceptors (Lipinski definition) is 4.